The van der Waals surface area contributed by atoms with Gasteiger partial charge in [0.15, 0.2) is 0 Å². The molecular weight excluding hydrogens is 246 g/mol. The van der Waals surface area contributed by atoms with Crippen molar-refractivity contribution in [2.75, 3.05) is 6.54 Å². The number of hydrogen-bond acceptors (Lipinski definition) is 2. The van der Waals surface area contributed by atoms with Gasteiger partial charge in [0.25, 0.3) is 0 Å². The Morgan fingerprint density at radius 1 is 1.25 bits per heavy atom. The standard InChI is InChI=1S/C18H29NO/c1-3-15-5-4-6-18(11-15)20-13-16-7-9-17(10-8-16)14(2)12-19/h7-10,14-15,18H,3-6,11-13,19H2,1-2H3. The number of benzene rings is 1. The molecule has 0 saturated heterocycles. The van der Waals surface area contributed by atoms with Crippen molar-refractivity contribution < 1.29 is 4.74 Å². The van der Waals surface area contributed by atoms with Crippen LogP contribution in [-0.4, -0.2) is 12.6 Å². The summed E-state index contributed by atoms with van der Waals surface area (Å²) in [7, 11) is 0. The molecule has 112 valence electrons. The average molecular weight is 275 g/mol. The van der Waals surface area contributed by atoms with Crippen molar-refractivity contribution in [3.05, 3.63) is 35.4 Å². The average Bonchev–Trinajstić information content (AvgIpc) is 2.53. The van der Waals surface area contributed by atoms with Crippen LogP contribution in [0, 0.1) is 5.92 Å². The molecule has 1 aliphatic carbocycles. The van der Waals surface area contributed by atoms with E-state index in [1.54, 1.807) is 0 Å². The zero-order valence-corrected chi connectivity index (χ0v) is 13.0. The maximum atomic E-state index is 6.10. The van der Waals surface area contributed by atoms with E-state index in [4.69, 9.17) is 10.5 Å². The fourth-order valence-electron chi connectivity index (χ4n) is 3.06. The maximum Gasteiger partial charge on any atom is 0.0720 e. The molecule has 2 N–H and O–H groups in total. The Morgan fingerprint density at radius 3 is 2.65 bits per heavy atom. The molecule has 2 rings (SSSR count). The number of nitrogens with two attached hydrogens (primary N) is 1. The highest BCUT2D eigenvalue weighted by atomic mass is 16.5. The molecule has 1 aromatic carbocycles. The van der Waals surface area contributed by atoms with Crippen LogP contribution >= 0.6 is 0 Å². The van der Waals surface area contributed by atoms with Crippen LogP contribution in [0.5, 0.6) is 0 Å². The predicted octanol–water partition coefficient (Wildman–Crippen LogP) is 4.23. The molecule has 0 amide bonds. The third-order valence-electron chi connectivity index (χ3n) is 4.70. The topological polar surface area (TPSA) is 35.2 Å². The van der Waals surface area contributed by atoms with E-state index in [0.29, 0.717) is 18.6 Å². The quantitative estimate of drug-likeness (QED) is 0.843. The summed E-state index contributed by atoms with van der Waals surface area (Å²) in [5.74, 6) is 1.31. The van der Waals surface area contributed by atoms with Crippen molar-refractivity contribution >= 4 is 0 Å². The lowest BCUT2D eigenvalue weighted by atomic mass is 9.85. The van der Waals surface area contributed by atoms with E-state index < -0.39 is 0 Å². The van der Waals surface area contributed by atoms with Crippen molar-refractivity contribution in [3.8, 4) is 0 Å². The Kier molecular flexibility index (Phi) is 6.06. The third-order valence-corrected chi connectivity index (χ3v) is 4.70. The summed E-state index contributed by atoms with van der Waals surface area (Å²) in [5, 5.41) is 0. The van der Waals surface area contributed by atoms with Gasteiger partial charge in [-0.1, -0.05) is 57.4 Å². The lowest BCUT2D eigenvalue weighted by Gasteiger charge is -2.28. The highest BCUT2D eigenvalue weighted by Gasteiger charge is 2.21. The molecule has 1 aliphatic rings. The summed E-state index contributed by atoms with van der Waals surface area (Å²) in [5.41, 5.74) is 8.29. The first-order valence-corrected chi connectivity index (χ1v) is 8.13. The molecular formula is C18H29NO. The van der Waals surface area contributed by atoms with Crippen LogP contribution in [0.4, 0.5) is 0 Å². The fourth-order valence-corrected chi connectivity index (χ4v) is 3.06. The zero-order valence-electron chi connectivity index (χ0n) is 13.0. The van der Waals surface area contributed by atoms with Gasteiger partial charge in [0.1, 0.15) is 0 Å². The second kappa shape index (κ2) is 7.80. The third kappa shape index (κ3) is 4.32. The van der Waals surface area contributed by atoms with Gasteiger partial charge in [-0.3, -0.25) is 0 Å². The molecule has 1 fully saturated rings. The minimum atomic E-state index is 0.439. The Morgan fingerprint density at radius 2 is 2.00 bits per heavy atom. The molecule has 20 heavy (non-hydrogen) atoms. The summed E-state index contributed by atoms with van der Waals surface area (Å²) in [6.07, 6.45) is 6.97. The molecule has 1 aromatic rings. The van der Waals surface area contributed by atoms with Gasteiger partial charge in [-0.25, -0.2) is 0 Å². The summed E-state index contributed by atoms with van der Waals surface area (Å²) >= 11 is 0. The normalized spacial score (nSPS) is 24.6. The van der Waals surface area contributed by atoms with E-state index in [9.17, 15) is 0 Å². The molecule has 1 saturated carbocycles. The highest BCUT2D eigenvalue weighted by molar-refractivity contribution is 5.24. The van der Waals surface area contributed by atoms with Crippen LogP contribution in [0.25, 0.3) is 0 Å². The molecule has 0 bridgehead atoms. The monoisotopic (exact) mass is 275 g/mol. The van der Waals surface area contributed by atoms with E-state index in [2.05, 4.69) is 38.1 Å². The SMILES string of the molecule is CCC1CCCC(OCc2ccc(C(C)CN)cc2)C1. The molecule has 3 atom stereocenters. The van der Waals surface area contributed by atoms with Crippen molar-refractivity contribution in [1.29, 1.82) is 0 Å². The van der Waals surface area contributed by atoms with Gasteiger partial charge in [0, 0.05) is 0 Å². The molecule has 2 nitrogen and oxygen atoms in total. The predicted molar refractivity (Wildman–Crippen MR) is 84.7 cm³/mol. The smallest absolute Gasteiger partial charge is 0.0720 e. The first-order valence-electron chi connectivity index (χ1n) is 8.13. The van der Waals surface area contributed by atoms with Crippen LogP contribution in [0.2, 0.25) is 0 Å². The molecule has 3 unspecified atom stereocenters. The molecule has 0 heterocycles. The molecule has 0 radical (unpaired) electrons. The van der Waals surface area contributed by atoms with Gasteiger partial charge in [-0.05, 0) is 42.3 Å². The number of hydrogen-bond donors (Lipinski definition) is 1. The maximum absolute atomic E-state index is 6.10. The van der Waals surface area contributed by atoms with Gasteiger partial charge >= 0.3 is 0 Å². The van der Waals surface area contributed by atoms with Crippen LogP contribution < -0.4 is 5.73 Å². The minimum Gasteiger partial charge on any atom is -0.374 e. The lowest BCUT2D eigenvalue weighted by Crippen LogP contribution is -2.22. The van der Waals surface area contributed by atoms with Gasteiger partial charge in [0.05, 0.1) is 12.7 Å². The first kappa shape index (κ1) is 15.5. The first-order chi connectivity index (χ1) is 9.72. The van der Waals surface area contributed by atoms with Gasteiger partial charge in [-0.15, -0.1) is 0 Å². The molecule has 0 aliphatic heterocycles. The van der Waals surface area contributed by atoms with E-state index in [1.165, 1.54) is 43.2 Å². The highest BCUT2D eigenvalue weighted by Crippen LogP contribution is 2.29. The van der Waals surface area contributed by atoms with Crippen molar-refractivity contribution in [1.82, 2.24) is 0 Å². The Bertz CT molecular complexity index is 387. The van der Waals surface area contributed by atoms with E-state index in [0.717, 1.165) is 12.5 Å². The summed E-state index contributed by atoms with van der Waals surface area (Å²) in [6, 6.07) is 8.74. The summed E-state index contributed by atoms with van der Waals surface area (Å²) < 4.78 is 6.10. The van der Waals surface area contributed by atoms with Crippen molar-refractivity contribution in [2.24, 2.45) is 11.7 Å². The van der Waals surface area contributed by atoms with Gasteiger partial charge in [0.2, 0.25) is 0 Å². The lowest BCUT2D eigenvalue weighted by molar-refractivity contribution is 0.00176. The van der Waals surface area contributed by atoms with Gasteiger partial charge in [-0.2, -0.15) is 0 Å². The van der Waals surface area contributed by atoms with E-state index >= 15 is 0 Å². The van der Waals surface area contributed by atoms with Crippen LogP contribution in [-0.2, 0) is 11.3 Å². The second-order valence-corrected chi connectivity index (χ2v) is 6.25. The second-order valence-electron chi connectivity index (χ2n) is 6.25. The van der Waals surface area contributed by atoms with E-state index in [1.807, 2.05) is 0 Å². The summed E-state index contributed by atoms with van der Waals surface area (Å²) in [6.45, 7) is 5.91. The van der Waals surface area contributed by atoms with Crippen molar-refractivity contribution in [3.63, 3.8) is 0 Å². The Labute approximate surface area is 123 Å². The van der Waals surface area contributed by atoms with Crippen molar-refractivity contribution in [2.45, 2.75) is 64.6 Å². The fraction of sp³-hybridized carbons (Fsp3) is 0.667. The van der Waals surface area contributed by atoms with Crippen LogP contribution in [0.15, 0.2) is 24.3 Å². The Balaban J connectivity index is 1.81. The van der Waals surface area contributed by atoms with Gasteiger partial charge < -0.3 is 10.5 Å². The van der Waals surface area contributed by atoms with E-state index in [-0.39, 0.29) is 0 Å². The largest absolute Gasteiger partial charge is 0.374 e. The minimum absolute atomic E-state index is 0.439. The molecule has 0 aromatic heterocycles. The number of ether oxygens (including phenoxy) is 1. The number of rotatable bonds is 6. The van der Waals surface area contributed by atoms with Crippen LogP contribution in [0.3, 0.4) is 0 Å². The Hall–Kier alpha value is -0.860. The molecule has 0 spiro atoms. The molecule has 2 heteroatoms. The summed E-state index contributed by atoms with van der Waals surface area (Å²) in [4.78, 5) is 0. The zero-order chi connectivity index (χ0) is 14.4. The van der Waals surface area contributed by atoms with Crippen LogP contribution in [0.1, 0.15) is 63.0 Å².